The van der Waals surface area contributed by atoms with Gasteiger partial charge in [0.15, 0.2) is 11.0 Å². The lowest BCUT2D eigenvalue weighted by molar-refractivity contribution is -0.113. The van der Waals surface area contributed by atoms with Crippen molar-refractivity contribution in [3.63, 3.8) is 0 Å². The number of hydrogen-bond acceptors (Lipinski definition) is 6. The van der Waals surface area contributed by atoms with Crippen LogP contribution in [0.15, 0.2) is 47.6 Å². The lowest BCUT2D eigenvalue weighted by Gasteiger charge is -2.11. The minimum atomic E-state index is -0.148. The second kappa shape index (κ2) is 10.4. The summed E-state index contributed by atoms with van der Waals surface area (Å²) in [5.74, 6) is 2.11. The minimum Gasteiger partial charge on any atom is -0.495 e. The van der Waals surface area contributed by atoms with Crippen LogP contribution in [-0.4, -0.2) is 33.5 Å². The molecule has 0 bridgehead atoms. The van der Waals surface area contributed by atoms with Crippen LogP contribution in [0.1, 0.15) is 18.3 Å². The zero-order chi connectivity index (χ0) is 21.5. The number of carbonyl (C=O) groups excluding carboxylic acids is 1. The summed E-state index contributed by atoms with van der Waals surface area (Å²) >= 11 is 7.31. The third-order valence-corrected chi connectivity index (χ3v) is 5.52. The lowest BCUT2D eigenvalue weighted by Crippen LogP contribution is -2.15. The second-order valence-electron chi connectivity index (χ2n) is 6.38. The van der Waals surface area contributed by atoms with Crippen LogP contribution < -0.4 is 14.8 Å². The average molecular weight is 447 g/mol. The number of benzene rings is 2. The molecule has 0 atom stereocenters. The van der Waals surface area contributed by atoms with Gasteiger partial charge < -0.3 is 19.4 Å². The highest BCUT2D eigenvalue weighted by Gasteiger charge is 2.15. The highest BCUT2D eigenvalue weighted by atomic mass is 35.5. The molecule has 0 spiro atoms. The van der Waals surface area contributed by atoms with Gasteiger partial charge in [0.1, 0.15) is 18.1 Å². The molecule has 3 aromatic rings. The molecule has 0 aliphatic heterocycles. The minimum absolute atomic E-state index is 0.148. The van der Waals surface area contributed by atoms with Crippen molar-refractivity contribution in [1.29, 1.82) is 0 Å². The Hall–Kier alpha value is -2.71. The van der Waals surface area contributed by atoms with Gasteiger partial charge in [-0.15, -0.1) is 10.2 Å². The van der Waals surface area contributed by atoms with E-state index in [1.165, 1.54) is 11.8 Å². The van der Waals surface area contributed by atoms with Crippen molar-refractivity contribution in [3.8, 4) is 11.5 Å². The molecule has 30 heavy (non-hydrogen) atoms. The number of halogens is 1. The number of ether oxygens (including phenoxy) is 2. The van der Waals surface area contributed by atoms with Crippen LogP contribution in [0, 0.1) is 6.92 Å². The summed E-state index contributed by atoms with van der Waals surface area (Å²) < 4.78 is 13.1. The van der Waals surface area contributed by atoms with E-state index in [2.05, 4.69) is 15.5 Å². The summed E-state index contributed by atoms with van der Waals surface area (Å²) in [6, 6.07) is 12.8. The molecule has 0 unspecified atom stereocenters. The van der Waals surface area contributed by atoms with Crippen LogP contribution in [-0.2, 0) is 17.9 Å². The van der Waals surface area contributed by atoms with Crippen molar-refractivity contribution >= 4 is 35.0 Å². The van der Waals surface area contributed by atoms with Gasteiger partial charge in [-0.05, 0) is 49.7 Å². The molecule has 158 valence electrons. The van der Waals surface area contributed by atoms with Gasteiger partial charge in [0.2, 0.25) is 5.91 Å². The summed E-state index contributed by atoms with van der Waals surface area (Å²) in [5.41, 5.74) is 1.59. The second-order valence-corrected chi connectivity index (χ2v) is 7.76. The van der Waals surface area contributed by atoms with Crippen LogP contribution in [0.25, 0.3) is 0 Å². The van der Waals surface area contributed by atoms with Crippen LogP contribution in [0.5, 0.6) is 11.5 Å². The normalized spacial score (nSPS) is 10.7. The van der Waals surface area contributed by atoms with Crippen molar-refractivity contribution < 1.29 is 14.3 Å². The van der Waals surface area contributed by atoms with Gasteiger partial charge in [0.25, 0.3) is 0 Å². The number of hydrogen-bond donors (Lipinski definition) is 1. The maximum Gasteiger partial charge on any atom is 0.234 e. The zero-order valence-electron chi connectivity index (χ0n) is 17.0. The Kier molecular flexibility index (Phi) is 7.59. The Balaban J connectivity index is 1.60. The molecule has 1 heterocycles. The molecule has 3 rings (SSSR count). The van der Waals surface area contributed by atoms with Crippen LogP contribution in [0.4, 0.5) is 5.69 Å². The molecular weight excluding hydrogens is 424 g/mol. The fourth-order valence-electron chi connectivity index (χ4n) is 2.83. The average Bonchev–Trinajstić information content (AvgIpc) is 3.14. The summed E-state index contributed by atoms with van der Waals surface area (Å²) in [5, 5.41) is 12.6. The third kappa shape index (κ3) is 5.46. The van der Waals surface area contributed by atoms with Crippen LogP contribution in [0.2, 0.25) is 5.02 Å². The van der Waals surface area contributed by atoms with E-state index in [0.717, 1.165) is 11.3 Å². The molecule has 1 N–H and O–H groups in total. The first-order valence-corrected chi connectivity index (χ1v) is 10.7. The van der Waals surface area contributed by atoms with Crippen molar-refractivity contribution in [1.82, 2.24) is 14.8 Å². The fourth-order valence-corrected chi connectivity index (χ4v) is 3.88. The number of rotatable bonds is 9. The van der Waals surface area contributed by atoms with E-state index in [0.29, 0.717) is 34.0 Å². The number of anilines is 1. The summed E-state index contributed by atoms with van der Waals surface area (Å²) in [6.07, 6.45) is 0. The molecule has 0 fully saturated rings. The number of aryl methyl sites for hydroxylation is 1. The van der Waals surface area contributed by atoms with E-state index in [1.807, 2.05) is 42.7 Å². The summed E-state index contributed by atoms with van der Waals surface area (Å²) in [7, 11) is 1.57. The largest absolute Gasteiger partial charge is 0.495 e. The van der Waals surface area contributed by atoms with E-state index in [4.69, 9.17) is 21.1 Å². The molecule has 1 aromatic heterocycles. The number of amides is 1. The molecule has 9 heteroatoms. The Labute approximate surface area is 184 Å². The fraction of sp³-hybridized carbons (Fsp3) is 0.286. The van der Waals surface area contributed by atoms with Gasteiger partial charge in [-0.1, -0.05) is 35.5 Å². The maximum absolute atomic E-state index is 12.4. The van der Waals surface area contributed by atoms with Gasteiger partial charge in [0.05, 0.1) is 18.6 Å². The smallest absolute Gasteiger partial charge is 0.234 e. The van der Waals surface area contributed by atoms with Crippen LogP contribution >= 0.6 is 23.4 Å². The molecule has 0 saturated carbocycles. The Morgan fingerprint density at radius 1 is 1.20 bits per heavy atom. The highest BCUT2D eigenvalue weighted by molar-refractivity contribution is 7.99. The molecule has 0 aliphatic rings. The van der Waals surface area contributed by atoms with E-state index in [-0.39, 0.29) is 18.3 Å². The standard InChI is InChI=1S/C21H23ClN4O3S/c1-4-26-19(12-29-17-10-9-15(22)11-14(17)2)24-25-21(26)30-13-20(27)23-16-7-5-6-8-18(16)28-3/h5-11H,4,12-13H2,1-3H3,(H,23,27). The lowest BCUT2D eigenvalue weighted by atomic mass is 10.2. The molecule has 0 radical (unpaired) electrons. The van der Waals surface area contributed by atoms with Gasteiger partial charge in [-0.25, -0.2) is 0 Å². The maximum atomic E-state index is 12.4. The van der Waals surface area contributed by atoms with Gasteiger partial charge in [0, 0.05) is 11.6 Å². The van der Waals surface area contributed by atoms with Crippen LogP contribution in [0.3, 0.4) is 0 Å². The van der Waals surface area contributed by atoms with Crippen molar-refractivity contribution in [2.75, 3.05) is 18.2 Å². The van der Waals surface area contributed by atoms with E-state index in [1.54, 1.807) is 25.3 Å². The van der Waals surface area contributed by atoms with E-state index >= 15 is 0 Å². The first-order chi connectivity index (χ1) is 14.5. The monoisotopic (exact) mass is 446 g/mol. The Bertz CT molecular complexity index is 1030. The molecular formula is C21H23ClN4O3S. The van der Waals surface area contributed by atoms with E-state index < -0.39 is 0 Å². The third-order valence-electron chi connectivity index (χ3n) is 4.32. The SMILES string of the molecule is CCn1c(COc2ccc(Cl)cc2C)nnc1SCC(=O)Nc1ccccc1OC. The molecule has 2 aromatic carbocycles. The van der Waals surface area contributed by atoms with Crippen molar-refractivity contribution in [2.24, 2.45) is 0 Å². The number of carbonyl (C=O) groups is 1. The van der Waals surface area contributed by atoms with Gasteiger partial charge in [-0.3, -0.25) is 4.79 Å². The topological polar surface area (TPSA) is 78.3 Å². The van der Waals surface area contributed by atoms with Crippen molar-refractivity contribution in [3.05, 3.63) is 58.9 Å². The molecule has 1 amide bonds. The van der Waals surface area contributed by atoms with E-state index in [9.17, 15) is 4.79 Å². The predicted octanol–water partition coefficient (Wildman–Crippen LogP) is 4.58. The molecule has 7 nitrogen and oxygen atoms in total. The number of methoxy groups -OCH3 is 1. The quantitative estimate of drug-likeness (QED) is 0.485. The first-order valence-electron chi connectivity index (χ1n) is 9.38. The number of aromatic nitrogens is 3. The number of para-hydroxylation sites is 2. The van der Waals surface area contributed by atoms with Gasteiger partial charge >= 0.3 is 0 Å². The first kappa shape index (κ1) is 22.0. The predicted molar refractivity (Wildman–Crippen MR) is 119 cm³/mol. The number of nitrogens with one attached hydrogen (secondary N) is 1. The zero-order valence-corrected chi connectivity index (χ0v) is 18.6. The molecule has 0 saturated heterocycles. The molecule has 0 aliphatic carbocycles. The number of nitrogens with zero attached hydrogens (tertiary/aromatic N) is 3. The van der Waals surface area contributed by atoms with Gasteiger partial charge in [-0.2, -0.15) is 0 Å². The Morgan fingerprint density at radius 2 is 2.00 bits per heavy atom. The highest BCUT2D eigenvalue weighted by Crippen LogP contribution is 2.25. The summed E-state index contributed by atoms with van der Waals surface area (Å²) in [6.45, 7) is 4.88. The Morgan fingerprint density at radius 3 is 2.73 bits per heavy atom. The number of thioether (sulfide) groups is 1. The summed E-state index contributed by atoms with van der Waals surface area (Å²) in [4.78, 5) is 12.4. The van der Waals surface area contributed by atoms with Crippen molar-refractivity contribution in [2.45, 2.75) is 32.2 Å².